The van der Waals surface area contributed by atoms with Crippen molar-refractivity contribution in [1.82, 2.24) is 10.6 Å². The summed E-state index contributed by atoms with van der Waals surface area (Å²) in [6.45, 7) is 11.6. The minimum Gasteiger partial charge on any atom is -0.350 e. The van der Waals surface area contributed by atoms with Gasteiger partial charge in [0.25, 0.3) is 0 Å². The van der Waals surface area contributed by atoms with Crippen molar-refractivity contribution >= 4 is 35.0 Å². The third-order valence-electron chi connectivity index (χ3n) is 4.27. The standard InChI is InChI=1S/C13H24Cl2N2O2/c1-11(2,12(3,4)16-9(18)7-14)13(5,6)17-10(19)8-15/h7-8H2,1-6H3,(H,16,18)(H,17,19). The second-order valence-electron chi connectivity index (χ2n) is 6.24. The number of halogens is 2. The minimum absolute atomic E-state index is 0.0893. The van der Waals surface area contributed by atoms with Crippen LogP contribution in [0.5, 0.6) is 0 Å². The van der Waals surface area contributed by atoms with E-state index >= 15 is 0 Å². The Morgan fingerprint density at radius 2 is 1.05 bits per heavy atom. The molecule has 0 bridgehead atoms. The third kappa shape index (κ3) is 4.25. The van der Waals surface area contributed by atoms with Gasteiger partial charge in [0.15, 0.2) is 0 Å². The summed E-state index contributed by atoms with van der Waals surface area (Å²) in [5, 5.41) is 5.78. The first-order valence-electron chi connectivity index (χ1n) is 6.15. The van der Waals surface area contributed by atoms with Gasteiger partial charge < -0.3 is 10.6 Å². The van der Waals surface area contributed by atoms with E-state index in [0.717, 1.165) is 0 Å². The Labute approximate surface area is 125 Å². The van der Waals surface area contributed by atoms with E-state index in [4.69, 9.17) is 23.2 Å². The van der Waals surface area contributed by atoms with Crippen LogP contribution in [0.25, 0.3) is 0 Å². The molecule has 0 aliphatic rings. The molecule has 0 atom stereocenters. The van der Waals surface area contributed by atoms with Gasteiger partial charge in [-0.25, -0.2) is 0 Å². The summed E-state index contributed by atoms with van der Waals surface area (Å²) < 4.78 is 0. The fraction of sp³-hybridized carbons (Fsp3) is 0.846. The molecule has 6 heteroatoms. The first kappa shape index (κ1) is 18.5. The van der Waals surface area contributed by atoms with Gasteiger partial charge in [-0.1, -0.05) is 13.8 Å². The van der Waals surface area contributed by atoms with E-state index in [0.29, 0.717) is 0 Å². The number of alkyl halides is 2. The SMILES string of the molecule is CC(C)(NC(=O)CCl)C(C)(C)C(C)(C)NC(=O)CCl. The zero-order valence-electron chi connectivity index (χ0n) is 12.5. The van der Waals surface area contributed by atoms with Crippen LogP contribution in [0.3, 0.4) is 0 Å². The van der Waals surface area contributed by atoms with Crippen LogP contribution in [0.1, 0.15) is 41.5 Å². The summed E-state index contributed by atoms with van der Waals surface area (Å²) in [5.41, 5.74) is -1.53. The van der Waals surface area contributed by atoms with Crippen LogP contribution < -0.4 is 10.6 Å². The van der Waals surface area contributed by atoms with Crippen LogP contribution in [0.2, 0.25) is 0 Å². The second kappa shape index (κ2) is 6.31. The minimum atomic E-state index is -0.554. The van der Waals surface area contributed by atoms with Gasteiger partial charge in [0.05, 0.1) is 0 Å². The van der Waals surface area contributed by atoms with E-state index < -0.39 is 16.5 Å². The number of amides is 2. The molecule has 0 spiro atoms. The number of carbonyl (C=O) groups is 2. The van der Waals surface area contributed by atoms with E-state index in [-0.39, 0.29) is 23.6 Å². The van der Waals surface area contributed by atoms with Crippen LogP contribution in [0, 0.1) is 5.41 Å². The van der Waals surface area contributed by atoms with E-state index in [1.807, 2.05) is 41.5 Å². The van der Waals surface area contributed by atoms with Crippen molar-refractivity contribution in [3.8, 4) is 0 Å². The lowest BCUT2D eigenvalue weighted by Crippen LogP contribution is -2.66. The maximum Gasteiger partial charge on any atom is 0.235 e. The summed E-state index contributed by atoms with van der Waals surface area (Å²) in [6.07, 6.45) is 0. The highest BCUT2D eigenvalue weighted by atomic mass is 35.5. The highest BCUT2D eigenvalue weighted by molar-refractivity contribution is 6.27. The van der Waals surface area contributed by atoms with E-state index in [9.17, 15) is 9.59 Å². The summed E-state index contributed by atoms with van der Waals surface area (Å²) in [6, 6.07) is 0. The van der Waals surface area contributed by atoms with Gasteiger partial charge in [0.2, 0.25) is 11.8 Å². The smallest absolute Gasteiger partial charge is 0.235 e. The van der Waals surface area contributed by atoms with Gasteiger partial charge in [-0.2, -0.15) is 0 Å². The molecular formula is C13H24Cl2N2O2. The number of carbonyl (C=O) groups excluding carboxylic acids is 2. The lowest BCUT2D eigenvalue weighted by molar-refractivity contribution is -0.124. The van der Waals surface area contributed by atoms with Gasteiger partial charge in [-0.15, -0.1) is 23.2 Å². The molecule has 4 nitrogen and oxygen atoms in total. The van der Waals surface area contributed by atoms with Crippen molar-refractivity contribution in [2.75, 3.05) is 11.8 Å². The van der Waals surface area contributed by atoms with Crippen molar-refractivity contribution < 1.29 is 9.59 Å². The normalized spacial score (nSPS) is 13.1. The Balaban J connectivity index is 5.20. The van der Waals surface area contributed by atoms with E-state index in [1.54, 1.807) is 0 Å². The number of hydrogen-bond donors (Lipinski definition) is 2. The van der Waals surface area contributed by atoms with Gasteiger partial charge in [0.1, 0.15) is 11.8 Å². The Morgan fingerprint density at radius 1 is 0.789 bits per heavy atom. The molecule has 0 radical (unpaired) electrons. The highest BCUT2D eigenvalue weighted by Gasteiger charge is 2.49. The molecule has 0 fully saturated rings. The molecular weight excluding hydrogens is 287 g/mol. The maximum atomic E-state index is 11.5. The Bertz CT molecular complexity index is 321. The van der Waals surface area contributed by atoms with Crippen molar-refractivity contribution in [2.24, 2.45) is 5.41 Å². The van der Waals surface area contributed by atoms with E-state index in [2.05, 4.69) is 10.6 Å². The Kier molecular flexibility index (Phi) is 6.15. The lowest BCUT2D eigenvalue weighted by atomic mass is 9.62. The average Bonchev–Trinajstić information content (AvgIpc) is 2.26. The molecule has 0 rings (SSSR count). The largest absolute Gasteiger partial charge is 0.350 e. The lowest BCUT2D eigenvalue weighted by Gasteiger charge is -2.52. The van der Waals surface area contributed by atoms with Crippen LogP contribution >= 0.6 is 23.2 Å². The van der Waals surface area contributed by atoms with Crippen molar-refractivity contribution in [2.45, 2.75) is 52.6 Å². The maximum absolute atomic E-state index is 11.5. The quantitative estimate of drug-likeness (QED) is 0.739. The Hall–Kier alpha value is -0.480. The van der Waals surface area contributed by atoms with Gasteiger partial charge in [0, 0.05) is 16.5 Å². The predicted molar refractivity (Wildman–Crippen MR) is 79.7 cm³/mol. The Morgan fingerprint density at radius 3 is 1.26 bits per heavy atom. The predicted octanol–water partition coefficient (Wildman–Crippen LogP) is 2.28. The average molecular weight is 311 g/mol. The highest BCUT2D eigenvalue weighted by Crippen LogP contribution is 2.40. The van der Waals surface area contributed by atoms with Crippen molar-refractivity contribution in [3.05, 3.63) is 0 Å². The molecule has 0 aliphatic carbocycles. The molecule has 0 heterocycles. The molecule has 0 aromatic heterocycles. The first-order valence-corrected chi connectivity index (χ1v) is 7.22. The van der Waals surface area contributed by atoms with Gasteiger partial charge >= 0.3 is 0 Å². The van der Waals surface area contributed by atoms with Crippen LogP contribution in [-0.4, -0.2) is 34.7 Å². The summed E-state index contributed by atoms with van der Waals surface area (Å²) in [7, 11) is 0. The summed E-state index contributed by atoms with van der Waals surface area (Å²) >= 11 is 11.1. The first-order chi connectivity index (χ1) is 8.41. The number of hydrogen-bond acceptors (Lipinski definition) is 2. The zero-order valence-corrected chi connectivity index (χ0v) is 14.0. The molecule has 2 amide bonds. The fourth-order valence-electron chi connectivity index (χ4n) is 1.86. The summed E-state index contributed by atoms with van der Waals surface area (Å²) in [5.74, 6) is -0.652. The molecule has 0 saturated carbocycles. The molecule has 0 unspecified atom stereocenters. The second-order valence-corrected chi connectivity index (χ2v) is 6.77. The van der Waals surface area contributed by atoms with E-state index in [1.165, 1.54) is 0 Å². The topological polar surface area (TPSA) is 58.2 Å². The number of nitrogens with one attached hydrogen (secondary N) is 2. The molecule has 0 aromatic carbocycles. The zero-order chi connectivity index (χ0) is 15.5. The molecule has 2 N–H and O–H groups in total. The summed E-state index contributed by atoms with van der Waals surface area (Å²) in [4.78, 5) is 23.1. The molecule has 0 aliphatic heterocycles. The molecule has 19 heavy (non-hydrogen) atoms. The monoisotopic (exact) mass is 310 g/mol. The molecule has 0 aromatic rings. The molecule has 112 valence electrons. The van der Waals surface area contributed by atoms with Crippen LogP contribution in [0.4, 0.5) is 0 Å². The molecule has 0 saturated heterocycles. The van der Waals surface area contributed by atoms with Crippen molar-refractivity contribution in [1.29, 1.82) is 0 Å². The fourth-order valence-corrected chi connectivity index (χ4v) is 1.99. The number of rotatable bonds is 6. The van der Waals surface area contributed by atoms with Crippen molar-refractivity contribution in [3.63, 3.8) is 0 Å². The van der Waals surface area contributed by atoms with Crippen LogP contribution in [-0.2, 0) is 9.59 Å². The van der Waals surface area contributed by atoms with Crippen LogP contribution in [0.15, 0.2) is 0 Å². The van der Waals surface area contributed by atoms with Gasteiger partial charge in [-0.3, -0.25) is 9.59 Å². The third-order valence-corrected chi connectivity index (χ3v) is 4.76. The van der Waals surface area contributed by atoms with Gasteiger partial charge in [-0.05, 0) is 27.7 Å².